The molecule has 0 bridgehead atoms. The molecule has 1 aliphatic heterocycles. The number of nitrogens with zero attached hydrogens (tertiary/aromatic N) is 5. The third-order valence-electron chi connectivity index (χ3n) is 6.14. The molecule has 2 atom stereocenters. The molecule has 0 saturated carbocycles. The van der Waals surface area contributed by atoms with Gasteiger partial charge in [0.05, 0.1) is 5.56 Å². The number of piperazine rings is 1. The number of carbonyl (C=O) groups is 1. The van der Waals surface area contributed by atoms with Gasteiger partial charge < -0.3 is 9.47 Å². The van der Waals surface area contributed by atoms with E-state index in [0.29, 0.717) is 17.6 Å². The van der Waals surface area contributed by atoms with Gasteiger partial charge in [0, 0.05) is 50.0 Å². The zero-order valence-electron chi connectivity index (χ0n) is 17.3. The lowest BCUT2D eigenvalue weighted by Crippen LogP contribution is -2.58. The summed E-state index contributed by atoms with van der Waals surface area (Å²) < 4.78 is 1.92. The molecular weight excluding hydrogens is 386 g/mol. The van der Waals surface area contributed by atoms with Crippen molar-refractivity contribution in [1.82, 2.24) is 24.3 Å². The number of pyridine rings is 1. The molecule has 1 aliphatic rings. The standard InChI is InChI=1S/C22H26ClN5O/c1-14-15(2)28(11-10-27(14)13-17-6-5-7-18(23)12-17)22(29)19-8-9-24-21-20(19)25-16(3)26(21)4/h5-9,12,14-15H,10-11,13H2,1-4H3/t14-,15-/m1/s1. The molecule has 0 N–H and O–H groups in total. The molecule has 0 radical (unpaired) electrons. The third-order valence-corrected chi connectivity index (χ3v) is 6.38. The average molecular weight is 412 g/mol. The van der Waals surface area contributed by atoms with Crippen LogP contribution >= 0.6 is 11.6 Å². The van der Waals surface area contributed by atoms with E-state index in [0.717, 1.165) is 29.6 Å². The summed E-state index contributed by atoms with van der Waals surface area (Å²) >= 11 is 6.14. The average Bonchev–Trinajstić information content (AvgIpc) is 2.99. The second-order valence-corrected chi connectivity index (χ2v) is 8.27. The largest absolute Gasteiger partial charge is 0.333 e. The second-order valence-electron chi connectivity index (χ2n) is 7.83. The summed E-state index contributed by atoms with van der Waals surface area (Å²) in [5.74, 6) is 0.873. The van der Waals surface area contributed by atoms with Crippen LogP contribution in [-0.4, -0.2) is 55.4 Å². The highest BCUT2D eigenvalue weighted by Crippen LogP contribution is 2.25. The fraction of sp³-hybridized carbons (Fsp3) is 0.409. The Labute approximate surface area is 176 Å². The fourth-order valence-electron chi connectivity index (χ4n) is 4.10. The molecule has 1 aromatic carbocycles. The molecule has 29 heavy (non-hydrogen) atoms. The van der Waals surface area contributed by atoms with Gasteiger partial charge in [0.2, 0.25) is 0 Å². The molecule has 0 aliphatic carbocycles. The van der Waals surface area contributed by atoms with Crippen molar-refractivity contribution in [1.29, 1.82) is 0 Å². The Morgan fingerprint density at radius 1 is 1.21 bits per heavy atom. The normalized spacial score (nSPS) is 20.4. The maximum atomic E-state index is 13.4. The number of aryl methyl sites for hydroxylation is 2. The molecular formula is C22H26ClN5O. The number of hydrogen-bond donors (Lipinski definition) is 0. The minimum atomic E-state index is 0.0252. The van der Waals surface area contributed by atoms with E-state index in [9.17, 15) is 4.79 Å². The van der Waals surface area contributed by atoms with Crippen molar-refractivity contribution < 1.29 is 4.79 Å². The summed E-state index contributed by atoms with van der Waals surface area (Å²) in [6, 6.07) is 10.1. The van der Waals surface area contributed by atoms with Crippen LogP contribution < -0.4 is 0 Å². The van der Waals surface area contributed by atoms with Crippen LogP contribution in [-0.2, 0) is 13.6 Å². The van der Waals surface area contributed by atoms with Gasteiger partial charge >= 0.3 is 0 Å². The van der Waals surface area contributed by atoms with Crippen molar-refractivity contribution in [3.63, 3.8) is 0 Å². The van der Waals surface area contributed by atoms with Gasteiger partial charge in [-0.15, -0.1) is 0 Å². The lowest BCUT2D eigenvalue weighted by molar-refractivity contribution is 0.0252. The summed E-state index contributed by atoms with van der Waals surface area (Å²) in [7, 11) is 1.92. The predicted octanol–water partition coefficient (Wildman–Crippen LogP) is 3.67. The summed E-state index contributed by atoms with van der Waals surface area (Å²) in [4.78, 5) is 26.8. The molecule has 7 heteroatoms. The number of hydrogen-bond acceptors (Lipinski definition) is 4. The second kappa shape index (κ2) is 7.76. The number of fused-ring (bicyclic) bond motifs is 1. The Morgan fingerprint density at radius 2 is 2.00 bits per heavy atom. The molecule has 3 heterocycles. The summed E-state index contributed by atoms with van der Waals surface area (Å²) in [5, 5.41) is 0.754. The van der Waals surface area contributed by atoms with Crippen LogP contribution in [0.25, 0.3) is 11.2 Å². The molecule has 4 rings (SSSR count). The van der Waals surface area contributed by atoms with Crippen LogP contribution in [0, 0.1) is 6.92 Å². The van der Waals surface area contributed by atoms with Gasteiger partial charge in [-0.1, -0.05) is 23.7 Å². The topological polar surface area (TPSA) is 54.3 Å². The molecule has 0 unspecified atom stereocenters. The first-order valence-electron chi connectivity index (χ1n) is 9.94. The lowest BCUT2D eigenvalue weighted by atomic mass is 10.0. The Morgan fingerprint density at radius 3 is 2.76 bits per heavy atom. The van der Waals surface area contributed by atoms with Crippen molar-refractivity contribution in [2.24, 2.45) is 7.05 Å². The van der Waals surface area contributed by atoms with Gasteiger partial charge in [0.1, 0.15) is 11.3 Å². The number of halogens is 1. The van der Waals surface area contributed by atoms with Gasteiger partial charge in [0.15, 0.2) is 5.65 Å². The summed E-state index contributed by atoms with van der Waals surface area (Å²) in [6.07, 6.45) is 1.69. The molecule has 152 valence electrons. The summed E-state index contributed by atoms with van der Waals surface area (Å²) in [6.45, 7) is 8.55. The minimum absolute atomic E-state index is 0.0252. The van der Waals surface area contributed by atoms with Crippen molar-refractivity contribution in [3.8, 4) is 0 Å². The van der Waals surface area contributed by atoms with Gasteiger partial charge in [-0.2, -0.15) is 0 Å². The number of rotatable bonds is 3. The van der Waals surface area contributed by atoms with Crippen molar-refractivity contribution >= 4 is 28.7 Å². The third kappa shape index (κ3) is 3.63. The van der Waals surface area contributed by atoms with Crippen molar-refractivity contribution in [2.45, 2.75) is 39.4 Å². The Bertz CT molecular complexity index is 1060. The van der Waals surface area contributed by atoms with E-state index in [1.807, 2.05) is 41.6 Å². The smallest absolute Gasteiger partial charge is 0.256 e. The molecule has 1 saturated heterocycles. The van der Waals surface area contributed by atoms with Gasteiger partial charge in [-0.3, -0.25) is 9.69 Å². The highest BCUT2D eigenvalue weighted by Gasteiger charge is 2.34. The van der Waals surface area contributed by atoms with Crippen LogP contribution in [0.3, 0.4) is 0 Å². The van der Waals surface area contributed by atoms with E-state index in [4.69, 9.17) is 11.6 Å². The zero-order valence-corrected chi connectivity index (χ0v) is 18.0. The zero-order chi connectivity index (χ0) is 20.7. The van der Waals surface area contributed by atoms with E-state index in [2.05, 4.69) is 34.8 Å². The van der Waals surface area contributed by atoms with Crippen LogP contribution in [0.4, 0.5) is 0 Å². The number of benzene rings is 1. The number of amides is 1. The number of imidazole rings is 1. The van der Waals surface area contributed by atoms with E-state index in [1.165, 1.54) is 5.56 Å². The van der Waals surface area contributed by atoms with Crippen LogP contribution in [0.1, 0.15) is 35.6 Å². The van der Waals surface area contributed by atoms with E-state index >= 15 is 0 Å². The number of aromatic nitrogens is 3. The Hall–Kier alpha value is -2.44. The van der Waals surface area contributed by atoms with Crippen molar-refractivity contribution in [2.75, 3.05) is 13.1 Å². The predicted molar refractivity (Wildman–Crippen MR) is 115 cm³/mol. The van der Waals surface area contributed by atoms with E-state index in [-0.39, 0.29) is 18.0 Å². The number of carbonyl (C=O) groups excluding carboxylic acids is 1. The quantitative estimate of drug-likeness (QED) is 0.660. The van der Waals surface area contributed by atoms with Gasteiger partial charge in [-0.05, 0) is 44.5 Å². The molecule has 6 nitrogen and oxygen atoms in total. The Balaban J connectivity index is 1.55. The SMILES string of the molecule is Cc1nc2c(C(=O)N3CCN(Cc4cccc(Cl)c4)[C@H](C)[C@H]3C)ccnc2n1C. The van der Waals surface area contributed by atoms with E-state index < -0.39 is 0 Å². The van der Waals surface area contributed by atoms with Crippen LogP contribution in [0.15, 0.2) is 36.5 Å². The van der Waals surface area contributed by atoms with Gasteiger partial charge in [0.25, 0.3) is 5.91 Å². The summed E-state index contributed by atoms with van der Waals surface area (Å²) in [5.41, 5.74) is 3.24. The molecule has 1 amide bonds. The Kier molecular flexibility index (Phi) is 5.32. The van der Waals surface area contributed by atoms with Crippen LogP contribution in [0.5, 0.6) is 0 Å². The molecule has 1 fully saturated rings. The lowest BCUT2D eigenvalue weighted by Gasteiger charge is -2.45. The first-order chi connectivity index (χ1) is 13.9. The maximum Gasteiger partial charge on any atom is 0.256 e. The highest BCUT2D eigenvalue weighted by atomic mass is 35.5. The van der Waals surface area contributed by atoms with Crippen molar-refractivity contribution in [3.05, 3.63) is 58.5 Å². The molecule has 0 spiro atoms. The highest BCUT2D eigenvalue weighted by molar-refractivity contribution is 6.30. The minimum Gasteiger partial charge on any atom is -0.333 e. The monoisotopic (exact) mass is 411 g/mol. The fourth-order valence-corrected chi connectivity index (χ4v) is 4.32. The van der Waals surface area contributed by atoms with Crippen LogP contribution in [0.2, 0.25) is 5.02 Å². The van der Waals surface area contributed by atoms with Gasteiger partial charge in [-0.25, -0.2) is 9.97 Å². The van der Waals surface area contributed by atoms with E-state index in [1.54, 1.807) is 12.3 Å². The first kappa shape index (κ1) is 19.9. The first-order valence-corrected chi connectivity index (χ1v) is 10.3. The molecule has 2 aromatic heterocycles. The molecule has 3 aromatic rings. The maximum absolute atomic E-state index is 13.4.